The molecule has 0 saturated carbocycles. The molecule has 0 radical (unpaired) electrons. The van der Waals surface area contributed by atoms with Crippen LogP contribution in [-0.2, 0) is 21.4 Å². The average Bonchev–Trinajstić information content (AvgIpc) is 2.69. The number of hydrazine groups is 1. The van der Waals surface area contributed by atoms with E-state index in [0.717, 1.165) is 0 Å². The number of carbonyl (C=O) groups is 2. The molecule has 1 heterocycles. The molecule has 9 nitrogen and oxygen atoms in total. The molecule has 0 unspecified atom stereocenters. The normalized spacial score (nSPS) is 11.3. The van der Waals surface area contributed by atoms with Gasteiger partial charge in [-0.15, -0.1) is 0 Å². The molecular formula is C19H24N4O5S. The van der Waals surface area contributed by atoms with Crippen molar-refractivity contribution in [3.63, 3.8) is 0 Å². The first-order valence-electron chi connectivity index (χ1n) is 9.06. The SMILES string of the molecule is CCN(CC)S(=O)(=O)c1ccc(C)c(C(=O)NNC(=O)Cn2ccccc2=O)c1. The number of benzene rings is 1. The highest BCUT2D eigenvalue weighted by Gasteiger charge is 2.23. The molecule has 2 amide bonds. The molecule has 0 aliphatic heterocycles. The van der Waals surface area contributed by atoms with Crippen LogP contribution in [0.25, 0.3) is 0 Å². The minimum absolute atomic E-state index is 0.000820. The second-order valence-corrected chi connectivity index (χ2v) is 8.17. The lowest BCUT2D eigenvalue weighted by Crippen LogP contribution is -2.44. The predicted octanol–water partition coefficient (Wildman–Crippen LogP) is 0.648. The maximum Gasteiger partial charge on any atom is 0.269 e. The van der Waals surface area contributed by atoms with E-state index in [-0.39, 0.29) is 22.6 Å². The van der Waals surface area contributed by atoms with E-state index < -0.39 is 21.8 Å². The van der Waals surface area contributed by atoms with E-state index in [9.17, 15) is 22.8 Å². The van der Waals surface area contributed by atoms with E-state index in [0.29, 0.717) is 18.7 Å². The number of aromatic nitrogens is 1. The number of rotatable bonds is 7. The van der Waals surface area contributed by atoms with Gasteiger partial charge in [0, 0.05) is 30.9 Å². The van der Waals surface area contributed by atoms with Crippen molar-refractivity contribution in [2.75, 3.05) is 13.1 Å². The first-order valence-corrected chi connectivity index (χ1v) is 10.5. The first kappa shape index (κ1) is 22.3. The molecule has 0 saturated heterocycles. The van der Waals surface area contributed by atoms with Gasteiger partial charge in [0.15, 0.2) is 0 Å². The first-order chi connectivity index (χ1) is 13.7. The Balaban J connectivity index is 2.14. The highest BCUT2D eigenvalue weighted by atomic mass is 32.2. The number of aryl methyl sites for hydroxylation is 1. The fraction of sp³-hybridized carbons (Fsp3) is 0.316. The van der Waals surface area contributed by atoms with Gasteiger partial charge < -0.3 is 4.57 Å². The third kappa shape index (κ3) is 5.30. The number of hydrogen-bond acceptors (Lipinski definition) is 5. The number of hydrogen-bond donors (Lipinski definition) is 2. The number of nitrogens with zero attached hydrogens (tertiary/aromatic N) is 2. The van der Waals surface area contributed by atoms with Crippen molar-refractivity contribution in [2.45, 2.75) is 32.2 Å². The largest absolute Gasteiger partial charge is 0.306 e. The van der Waals surface area contributed by atoms with E-state index in [2.05, 4.69) is 10.9 Å². The van der Waals surface area contributed by atoms with Gasteiger partial charge in [0.1, 0.15) is 6.54 Å². The van der Waals surface area contributed by atoms with E-state index in [1.807, 2.05) is 0 Å². The van der Waals surface area contributed by atoms with Crippen LogP contribution in [-0.4, -0.2) is 42.2 Å². The quantitative estimate of drug-likeness (QED) is 0.638. The van der Waals surface area contributed by atoms with E-state index in [1.165, 1.54) is 39.3 Å². The molecule has 1 aromatic carbocycles. The smallest absolute Gasteiger partial charge is 0.269 e. The molecule has 2 rings (SSSR count). The Bertz CT molecular complexity index is 1060. The molecule has 29 heavy (non-hydrogen) atoms. The van der Waals surface area contributed by atoms with Crippen molar-refractivity contribution in [3.05, 3.63) is 64.1 Å². The van der Waals surface area contributed by atoms with Crippen molar-refractivity contribution in [3.8, 4) is 0 Å². The van der Waals surface area contributed by atoms with Crippen LogP contribution in [0.5, 0.6) is 0 Å². The Morgan fingerprint density at radius 2 is 1.76 bits per heavy atom. The van der Waals surface area contributed by atoms with Gasteiger partial charge in [-0.25, -0.2) is 8.42 Å². The highest BCUT2D eigenvalue weighted by molar-refractivity contribution is 7.89. The van der Waals surface area contributed by atoms with Crippen LogP contribution in [0.2, 0.25) is 0 Å². The molecule has 0 aliphatic carbocycles. The maximum absolute atomic E-state index is 12.7. The molecular weight excluding hydrogens is 396 g/mol. The zero-order chi connectivity index (χ0) is 21.6. The van der Waals surface area contributed by atoms with Crippen molar-refractivity contribution >= 4 is 21.8 Å². The monoisotopic (exact) mass is 420 g/mol. The summed E-state index contributed by atoms with van der Waals surface area (Å²) in [6, 6.07) is 8.75. The Kier molecular flexibility index (Phi) is 7.29. The summed E-state index contributed by atoms with van der Waals surface area (Å²) in [6.45, 7) is 5.47. The van der Waals surface area contributed by atoms with E-state index in [1.54, 1.807) is 32.9 Å². The second-order valence-electron chi connectivity index (χ2n) is 6.24. The van der Waals surface area contributed by atoms with E-state index in [4.69, 9.17) is 0 Å². The summed E-state index contributed by atoms with van der Waals surface area (Å²) in [5, 5.41) is 0. The van der Waals surface area contributed by atoms with Gasteiger partial charge in [-0.05, 0) is 30.7 Å². The molecule has 0 fully saturated rings. The molecule has 0 spiro atoms. The summed E-state index contributed by atoms with van der Waals surface area (Å²) in [4.78, 5) is 36.1. The molecule has 0 bridgehead atoms. The van der Waals surface area contributed by atoms with Gasteiger partial charge in [0.05, 0.1) is 4.90 Å². The number of pyridine rings is 1. The minimum atomic E-state index is -3.72. The molecule has 2 aromatic rings. The summed E-state index contributed by atoms with van der Waals surface area (Å²) in [6.07, 6.45) is 1.45. The van der Waals surface area contributed by atoms with E-state index >= 15 is 0 Å². The van der Waals surface area contributed by atoms with Gasteiger partial charge in [-0.2, -0.15) is 4.31 Å². The Labute approximate surface area is 169 Å². The van der Waals surface area contributed by atoms with Gasteiger partial charge in [-0.3, -0.25) is 25.2 Å². The van der Waals surface area contributed by atoms with Crippen LogP contribution in [0, 0.1) is 6.92 Å². The standard InChI is InChI=1S/C19H24N4O5S/c1-4-23(5-2)29(27,28)15-10-9-14(3)16(12-15)19(26)21-20-17(24)13-22-11-7-6-8-18(22)25/h6-12H,4-5,13H2,1-3H3,(H,20,24)(H,21,26). The summed E-state index contributed by atoms with van der Waals surface area (Å²) in [5.41, 5.74) is 4.81. The maximum atomic E-state index is 12.7. The Morgan fingerprint density at radius 3 is 2.38 bits per heavy atom. The minimum Gasteiger partial charge on any atom is -0.306 e. The van der Waals surface area contributed by atoms with Gasteiger partial charge >= 0.3 is 0 Å². The van der Waals surface area contributed by atoms with Crippen LogP contribution in [0.3, 0.4) is 0 Å². The van der Waals surface area contributed by atoms with Crippen molar-refractivity contribution in [1.29, 1.82) is 0 Å². The molecule has 2 N–H and O–H groups in total. The van der Waals surface area contributed by atoms with Crippen molar-refractivity contribution < 1.29 is 18.0 Å². The van der Waals surface area contributed by atoms with Gasteiger partial charge in [0.2, 0.25) is 10.0 Å². The van der Waals surface area contributed by atoms with Gasteiger partial charge in [0.25, 0.3) is 17.4 Å². The van der Waals surface area contributed by atoms with Crippen molar-refractivity contribution in [2.24, 2.45) is 0 Å². The average molecular weight is 420 g/mol. The molecule has 156 valence electrons. The molecule has 1 aromatic heterocycles. The highest BCUT2D eigenvalue weighted by Crippen LogP contribution is 2.19. The van der Waals surface area contributed by atoms with Crippen LogP contribution in [0.15, 0.2) is 52.3 Å². The topological polar surface area (TPSA) is 118 Å². The zero-order valence-corrected chi connectivity index (χ0v) is 17.3. The molecule has 0 atom stereocenters. The zero-order valence-electron chi connectivity index (χ0n) is 16.5. The fourth-order valence-corrected chi connectivity index (χ4v) is 4.18. The lowest BCUT2D eigenvalue weighted by molar-refractivity contribution is -0.122. The third-order valence-electron chi connectivity index (χ3n) is 4.33. The van der Waals surface area contributed by atoms with Crippen LogP contribution in [0.1, 0.15) is 29.8 Å². The predicted molar refractivity (Wildman–Crippen MR) is 108 cm³/mol. The lowest BCUT2D eigenvalue weighted by Gasteiger charge is -2.19. The van der Waals surface area contributed by atoms with Crippen LogP contribution < -0.4 is 16.4 Å². The third-order valence-corrected chi connectivity index (χ3v) is 6.37. The number of sulfonamides is 1. The summed E-state index contributed by atoms with van der Waals surface area (Å²) in [7, 11) is -3.72. The number of carbonyl (C=O) groups excluding carboxylic acids is 2. The van der Waals surface area contributed by atoms with Crippen LogP contribution >= 0.6 is 0 Å². The van der Waals surface area contributed by atoms with Crippen LogP contribution in [0.4, 0.5) is 0 Å². The summed E-state index contributed by atoms with van der Waals surface area (Å²) < 4.78 is 27.8. The molecule has 10 heteroatoms. The van der Waals surface area contributed by atoms with Crippen molar-refractivity contribution in [1.82, 2.24) is 19.7 Å². The lowest BCUT2D eigenvalue weighted by atomic mass is 10.1. The Morgan fingerprint density at radius 1 is 1.07 bits per heavy atom. The Hall–Kier alpha value is -2.98. The number of amides is 2. The summed E-state index contributed by atoms with van der Waals surface area (Å²) in [5.74, 6) is -1.26. The second kappa shape index (κ2) is 9.48. The summed E-state index contributed by atoms with van der Waals surface area (Å²) >= 11 is 0. The fourth-order valence-electron chi connectivity index (χ4n) is 2.70. The van der Waals surface area contributed by atoms with Gasteiger partial charge in [-0.1, -0.05) is 26.0 Å². The molecule has 0 aliphatic rings. The number of nitrogens with one attached hydrogen (secondary N) is 2.